The van der Waals surface area contributed by atoms with Gasteiger partial charge in [0.1, 0.15) is 13.1 Å². The fourth-order valence-electron chi connectivity index (χ4n) is 2.38. The second-order valence-corrected chi connectivity index (χ2v) is 4.97. The predicted octanol–water partition coefficient (Wildman–Crippen LogP) is 2.43. The highest BCUT2D eigenvalue weighted by Gasteiger charge is 2.34. The van der Waals surface area contributed by atoms with Crippen molar-refractivity contribution in [1.82, 2.24) is 4.90 Å². The number of carboxylic acid groups (broad SMARTS) is 1. The Hall–Kier alpha value is -1.27. The first-order valence-electron chi connectivity index (χ1n) is 6.34. The summed E-state index contributed by atoms with van der Waals surface area (Å²) in [6, 6.07) is 0. The monoisotopic (exact) mass is 281 g/mol. The number of alkyl halides is 3. The van der Waals surface area contributed by atoms with Crippen molar-refractivity contribution in [1.29, 1.82) is 0 Å². The highest BCUT2D eigenvalue weighted by atomic mass is 19.4. The molecular weight excluding hydrogens is 263 g/mol. The van der Waals surface area contributed by atoms with Gasteiger partial charge in [0.25, 0.3) is 0 Å². The van der Waals surface area contributed by atoms with Crippen LogP contribution in [0.5, 0.6) is 0 Å². The highest BCUT2D eigenvalue weighted by molar-refractivity contribution is 5.81. The molecule has 4 nitrogen and oxygen atoms in total. The molecular formula is C12H18F3NO3. The number of amides is 1. The minimum Gasteiger partial charge on any atom is -0.480 e. The molecule has 110 valence electrons. The lowest BCUT2D eigenvalue weighted by atomic mass is 9.86. The fourth-order valence-corrected chi connectivity index (χ4v) is 2.38. The summed E-state index contributed by atoms with van der Waals surface area (Å²) in [6.45, 7) is -2.39. The first-order valence-corrected chi connectivity index (χ1v) is 6.34. The first kappa shape index (κ1) is 15.8. The topological polar surface area (TPSA) is 57.6 Å². The van der Waals surface area contributed by atoms with E-state index in [1.165, 1.54) is 0 Å². The summed E-state index contributed by atoms with van der Waals surface area (Å²) in [4.78, 5) is 22.7. The van der Waals surface area contributed by atoms with E-state index in [4.69, 9.17) is 5.11 Å². The molecule has 1 aliphatic rings. The van der Waals surface area contributed by atoms with E-state index in [1.807, 2.05) is 0 Å². The summed E-state index contributed by atoms with van der Waals surface area (Å²) in [5.41, 5.74) is 0. The molecule has 0 heterocycles. The molecule has 7 heteroatoms. The summed E-state index contributed by atoms with van der Waals surface area (Å²) in [7, 11) is 0. The van der Waals surface area contributed by atoms with E-state index in [2.05, 4.69) is 0 Å². The quantitative estimate of drug-likeness (QED) is 0.842. The van der Waals surface area contributed by atoms with E-state index in [-0.39, 0.29) is 12.3 Å². The average Bonchev–Trinajstić information content (AvgIpc) is 2.27. The second kappa shape index (κ2) is 6.77. The third-order valence-corrected chi connectivity index (χ3v) is 3.24. The Kier molecular flexibility index (Phi) is 5.62. The van der Waals surface area contributed by atoms with Crippen LogP contribution in [0.1, 0.15) is 38.5 Å². The Balaban J connectivity index is 2.56. The normalized spacial score (nSPS) is 17.2. The van der Waals surface area contributed by atoms with E-state index >= 15 is 0 Å². The van der Waals surface area contributed by atoms with E-state index in [9.17, 15) is 22.8 Å². The molecule has 1 fully saturated rings. The van der Waals surface area contributed by atoms with Gasteiger partial charge >= 0.3 is 12.1 Å². The number of nitrogens with zero attached hydrogens (tertiary/aromatic N) is 1. The number of hydrogen-bond donors (Lipinski definition) is 1. The van der Waals surface area contributed by atoms with E-state index in [0.717, 1.165) is 32.1 Å². The van der Waals surface area contributed by atoms with Gasteiger partial charge in [-0.05, 0) is 18.8 Å². The molecule has 1 amide bonds. The number of rotatable bonds is 5. The third kappa shape index (κ3) is 6.45. The van der Waals surface area contributed by atoms with Gasteiger partial charge in [-0.1, -0.05) is 19.3 Å². The van der Waals surface area contributed by atoms with Crippen molar-refractivity contribution < 1.29 is 27.9 Å². The SMILES string of the molecule is O=C(O)CN(CC(F)(F)F)C(=O)CC1CCCCC1. The van der Waals surface area contributed by atoms with Crippen molar-refractivity contribution in [2.75, 3.05) is 13.1 Å². The first-order chi connectivity index (χ1) is 8.78. The van der Waals surface area contributed by atoms with Gasteiger partial charge in [0.15, 0.2) is 0 Å². The van der Waals surface area contributed by atoms with Gasteiger partial charge in [-0.25, -0.2) is 0 Å². The number of carbonyl (C=O) groups is 2. The van der Waals surface area contributed by atoms with Crippen molar-refractivity contribution in [3.05, 3.63) is 0 Å². The summed E-state index contributed by atoms with van der Waals surface area (Å²) < 4.78 is 36.9. The van der Waals surface area contributed by atoms with Crippen molar-refractivity contribution in [3.8, 4) is 0 Å². The van der Waals surface area contributed by atoms with Crippen molar-refractivity contribution in [2.45, 2.75) is 44.7 Å². The predicted molar refractivity (Wildman–Crippen MR) is 61.5 cm³/mol. The Morgan fingerprint density at radius 2 is 1.74 bits per heavy atom. The zero-order chi connectivity index (χ0) is 14.5. The van der Waals surface area contributed by atoms with Crippen molar-refractivity contribution in [2.24, 2.45) is 5.92 Å². The van der Waals surface area contributed by atoms with Gasteiger partial charge in [-0.3, -0.25) is 9.59 Å². The molecule has 0 atom stereocenters. The highest BCUT2D eigenvalue weighted by Crippen LogP contribution is 2.27. The number of carboxylic acids is 1. The maximum Gasteiger partial charge on any atom is 0.406 e. The van der Waals surface area contributed by atoms with Crippen LogP contribution in [0.25, 0.3) is 0 Å². The minimum absolute atomic E-state index is 0.0172. The maximum absolute atomic E-state index is 12.3. The molecule has 0 unspecified atom stereocenters. The standard InChI is InChI=1S/C12H18F3NO3/c13-12(14,15)8-16(7-11(18)19)10(17)6-9-4-2-1-3-5-9/h9H,1-8H2,(H,18,19). The molecule has 19 heavy (non-hydrogen) atoms. The van der Waals surface area contributed by atoms with Gasteiger partial charge in [0.2, 0.25) is 5.91 Å². The number of hydrogen-bond acceptors (Lipinski definition) is 2. The van der Waals surface area contributed by atoms with Crippen LogP contribution in [0, 0.1) is 5.92 Å². The lowest BCUT2D eigenvalue weighted by Crippen LogP contribution is -2.42. The largest absolute Gasteiger partial charge is 0.480 e. The second-order valence-electron chi connectivity index (χ2n) is 4.97. The molecule has 0 bridgehead atoms. The molecule has 1 N–H and O–H groups in total. The van der Waals surface area contributed by atoms with Crippen molar-refractivity contribution in [3.63, 3.8) is 0 Å². The molecule has 0 spiro atoms. The van der Waals surface area contributed by atoms with Crippen LogP contribution >= 0.6 is 0 Å². The van der Waals surface area contributed by atoms with Crippen LogP contribution in [0.3, 0.4) is 0 Å². The van der Waals surface area contributed by atoms with Gasteiger partial charge in [-0.15, -0.1) is 0 Å². The number of halogens is 3. The van der Waals surface area contributed by atoms with Crippen LogP contribution in [-0.2, 0) is 9.59 Å². The summed E-state index contributed by atoms with van der Waals surface area (Å²) in [6.07, 6.45) is 0.163. The Bertz CT molecular complexity index is 325. The van der Waals surface area contributed by atoms with Gasteiger partial charge in [-0.2, -0.15) is 13.2 Å². The van der Waals surface area contributed by atoms with Crippen LogP contribution in [-0.4, -0.2) is 41.1 Å². The van der Waals surface area contributed by atoms with Gasteiger partial charge < -0.3 is 10.0 Å². The lowest BCUT2D eigenvalue weighted by molar-refractivity contribution is -0.166. The average molecular weight is 281 g/mol. The molecule has 0 aromatic heterocycles. The summed E-state index contributed by atoms with van der Waals surface area (Å²) >= 11 is 0. The molecule has 0 aromatic rings. The molecule has 1 saturated carbocycles. The Labute approximate surface area is 109 Å². The summed E-state index contributed by atoms with van der Waals surface area (Å²) in [5, 5.41) is 8.57. The van der Waals surface area contributed by atoms with Gasteiger partial charge in [0, 0.05) is 6.42 Å². The lowest BCUT2D eigenvalue weighted by Gasteiger charge is -2.26. The van der Waals surface area contributed by atoms with Crippen LogP contribution in [0.15, 0.2) is 0 Å². The van der Waals surface area contributed by atoms with Crippen molar-refractivity contribution >= 4 is 11.9 Å². The molecule has 1 aliphatic carbocycles. The molecule has 0 aliphatic heterocycles. The van der Waals surface area contributed by atoms with Gasteiger partial charge in [0.05, 0.1) is 0 Å². The molecule has 1 rings (SSSR count). The fraction of sp³-hybridized carbons (Fsp3) is 0.833. The number of aliphatic carboxylic acids is 1. The zero-order valence-electron chi connectivity index (χ0n) is 10.6. The smallest absolute Gasteiger partial charge is 0.406 e. The van der Waals surface area contributed by atoms with Crippen LogP contribution in [0.2, 0.25) is 0 Å². The maximum atomic E-state index is 12.3. The Morgan fingerprint density at radius 1 is 1.16 bits per heavy atom. The third-order valence-electron chi connectivity index (χ3n) is 3.24. The van der Waals surface area contributed by atoms with Crippen LogP contribution in [0.4, 0.5) is 13.2 Å². The minimum atomic E-state index is -4.57. The molecule has 0 radical (unpaired) electrons. The van der Waals surface area contributed by atoms with Crippen LogP contribution < -0.4 is 0 Å². The van der Waals surface area contributed by atoms with E-state index in [1.54, 1.807) is 0 Å². The Morgan fingerprint density at radius 3 is 2.21 bits per heavy atom. The van der Waals surface area contributed by atoms with E-state index in [0.29, 0.717) is 4.90 Å². The zero-order valence-corrected chi connectivity index (χ0v) is 10.6. The summed E-state index contributed by atoms with van der Waals surface area (Å²) in [5.74, 6) is -2.06. The number of carbonyl (C=O) groups excluding carboxylic acids is 1. The molecule has 0 saturated heterocycles. The molecule has 0 aromatic carbocycles. The van der Waals surface area contributed by atoms with E-state index < -0.39 is 31.1 Å².